The highest BCUT2D eigenvalue weighted by atomic mass is 32.2. The molecule has 0 bridgehead atoms. The van der Waals surface area contributed by atoms with Crippen LogP contribution in [0.3, 0.4) is 0 Å². The molecule has 10 heteroatoms. The van der Waals surface area contributed by atoms with E-state index in [9.17, 15) is 9.59 Å². The minimum Gasteiger partial charge on any atom is -0.378 e. The number of thioether (sulfide) groups is 1. The van der Waals surface area contributed by atoms with Crippen molar-refractivity contribution in [3.63, 3.8) is 0 Å². The van der Waals surface area contributed by atoms with Gasteiger partial charge in [0.05, 0.1) is 19.0 Å². The fourth-order valence-electron chi connectivity index (χ4n) is 4.22. The fourth-order valence-corrected chi connectivity index (χ4v) is 5.04. The molecule has 1 aliphatic rings. The Morgan fingerprint density at radius 1 is 1.08 bits per heavy atom. The average Bonchev–Trinajstić information content (AvgIpc) is 2.91. The van der Waals surface area contributed by atoms with E-state index >= 15 is 0 Å². The predicted octanol–water partition coefficient (Wildman–Crippen LogP) is 3.86. The van der Waals surface area contributed by atoms with E-state index in [2.05, 4.69) is 25.2 Å². The Bertz CT molecular complexity index is 1230. The van der Waals surface area contributed by atoms with Gasteiger partial charge in [-0.05, 0) is 69.7 Å². The molecule has 0 saturated carbocycles. The Hall–Kier alpha value is -3.50. The number of carbonyl (C=O) groups is 2. The molecule has 1 aromatic carbocycles. The highest BCUT2D eigenvalue weighted by Gasteiger charge is 2.38. The van der Waals surface area contributed by atoms with Crippen LogP contribution in [0.1, 0.15) is 30.8 Å². The lowest BCUT2D eigenvalue weighted by atomic mass is 10.00. The quantitative estimate of drug-likeness (QED) is 0.326. The molecule has 2 aromatic heterocycles. The number of pyridine rings is 1. The molecule has 2 amide bonds. The van der Waals surface area contributed by atoms with Gasteiger partial charge < -0.3 is 19.9 Å². The summed E-state index contributed by atoms with van der Waals surface area (Å²) in [6, 6.07) is 13.4. The zero-order valence-corrected chi connectivity index (χ0v) is 23.1. The van der Waals surface area contributed by atoms with Crippen molar-refractivity contribution in [2.45, 2.75) is 44.9 Å². The molecule has 1 N–H and O–H groups in total. The number of hydrogen-bond acceptors (Lipinski definition) is 8. The van der Waals surface area contributed by atoms with Gasteiger partial charge in [-0.3, -0.25) is 14.6 Å². The van der Waals surface area contributed by atoms with Crippen molar-refractivity contribution in [2.24, 2.45) is 0 Å². The molecule has 0 radical (unpaired) electrons. The molecule has 1 saturated heterocycles. The third-order valence-electron chi connectivity index (χ3n) is 6.38. The number of rotatable bonds is 9. The Morgan fingerprint density at radius 3 is 2.39 bits per heavy atom. The molecule has 1 fully saturated rings. The number of morpholine rings is 1. The molecular formula is C28H34N6O3S. The maximum Gasteiger partial charge on any atom is 0.249 e. The van der Waals surface area contributed by atoms with Gasteiger partial charge >= 0.3 is 0 Å². The molecule has 4 rings (SSSR count). The second-order valence-electron chi connectivity index (χ2n) is 9.72. The van der Waals surface area contributed by atoms with Gasteiger partial charge in [0.2, 0.25) is 11.8 Å². The van der Waals surface area contributed by atoms with E-state index in [1.165, 1.54) is 11.8 Å². The van der Waals surface area contributed by atoms with Gasteiger partial charge in [0.25, 0.3) is 0 Å². The number of ether oxygens (including phenoxy) is 1. The van der Waals surface area contributed by atoms with Crippen LogP contribution in [0.2, 0.25) is 0 Å². The first kappa shape index (κ1) is 27.5. The van der Waals surface area contributed by atoms with Gasteiger partial charge in [0, 0.05) is 54.8 Å². The number of anilines is 2. The van der Waals surface area contributed by atoms with Gasteiger partial charge in [-0.15, -0.1) is 0 Å². The fraction of sp³-hybridized carbons (Fsp3) is 0.393. The Balaban J connectivity index is 1.49. The normalized spacial score (nSPS) is 13.7. The van der Waals surface area contributed by atoms with E-state index in [1.807, 2.05) is 56.3 Å². The largest absolute Gasteiger partial charge is 0.378 e. The Morgan fingerprint density at radius 2 is 1.76 bits per heavy atom. The van der Waals surface area contributed by atoms with E-state index in [0.29, 0.717) is 24.1 Å². The van der Waals surface area contributed by atoms with Gasteiger partial charge in [-0.25, -0.2) is 9.97 Å². The van der Waals surface area contributed by atoms with Crippen molar-refractivity contribution < 1.29 is 14.3 Å². The van der Waals surface area contributed by atoms with E-state index in [-0.39, 0.29) is 24.1 Å². The third kappa shape index (κ3) is 7.08. The molecule has 0 spiro atoms. The summed E-state index contributed by atoms with van der Waals surface area (Å²) in [5.74, 6) is -0.361. The summed E-state index contributed by atoms with van der Waals surface area (Å²) in [5, 5.41) is 3.54. The first-order valence-corrected chi connectivity index (χ1v) is 13.6. The summed E-state index contributed by atoms with van der Waals surface area (Å²) in [7, 11) is 0. The van der Waals surface area contributed by atoms with E-state index in [0.717, 1.165) is 35.7 Å². The van der Waals surface area contributed by atoms with E-state index in [1.54, 1.807) is 31.1 Å². The first-order chi connectivity index (χ1) is 18.2. The molecule has 9 nitrogen and oxygen atoms in total. The number of amides is 2. The van der Waals surface area contributed by atoms with Crippen molar-refractivity contribution in [1.29, 1.82) is 0 Å². The molecule has 0 unspecified atom stereocenters. The van der Waals surface area contributed by atoms with Gasteiger partial charge in [0.1, 0.15) is 5.54 Å². The summed E-state index contributed by atoms with van der Waals surface area (Å²) >= 11 is 1.27. The zero-order valence-electron chi connectivity index (χ0n) is 22.3. The Kier molecular flexibility index (Phi) is 8.96. The van der Waals surface area contributed by atoms with Crippen molar-refractivity contribution in [3.05, 3.63) is 71.8 Å². The van der Waals surface area contributed by atoms with Crippen molar-refractivity contribution >= 4 is 35.0 Å². The van der Waals surface area contributed by atoms with E-state index < -0.39 is 5.54 Å². The lowest BCUT2D eigenvalue weighted by Crippen LogP contribution is -2.55. The maximum atomic E-state index is 13.5. The second-order valence-corrected chi connectivity index (χ2v) is 10.7. The number of benzene rings is 1. The summed E-state index contributed by atoms with van der Waals surface area (Å²) in [6.07, 6.45) is 3.39. The van der Waals surface area contributed by atoms with Gasteiger partial charge in [-0.2, -0.15) is 0 Å². The van der Waals surface area contributed by atoms with Crippen molar-refractivity contribution in [2.75, 3.05) is 42.3 Å². The van der Waals surface area contributed by atoms with Crippen LogP contribution in [-0.2, 0) is 20.9 Å². The molecule has 3 heterocycles. The van der Waals surface area contributed by atoms with Crippen LogP contribution in [0.15, 0.2) is 60.0 Å². The minimum absolute atomic E-state index is 0.105. The summed E-state index contributed by atoms with van der Waals surface area (Å²) in [6.45, 7) is 10.7. The van der Waals surface area contributed by atoms with Crippen LogP contribution in [0.25, 0.3) is 0 Å². The maximum absolute atomic E-state index is 13.5. The highest BCUT2D eigenvalue weighted by Crippen LogP contribution is 2.25. The number of aryl methyl sites for hydroxylation is 2. The lowest BCUT2D eigenvalue weighted by molar-refractivity contribution is -0.142. The molecule has 0 atom stereocenters. The molecule has 38 heavy (non-hydrogen) atoms. The lowest BCUT2D eigenvalue weighted by Gasteiger charge is -2.37. The summed E-state index contributed by atoms with van der Waals surface area (Å²) < 4.78 is 5.43. The van der Waals surface area contributed by atoms with Gasteiger partial charge in [-0.1, -0.05) is 17.8 Å². The van der Waals surface area contributed by atoms with Gasteiger partial charge in [0.15, 0.2) is 5.16 Å². The van der Waals surface area contributed by atoms with Crippen LogP contribution in [0.4, 0.5) is 11.4 Å². The smallest absolute Gasteiger partial charge is 0.249 e. The monoisotopic (exact) mass is 534 g/mol. The van der Waals surface area contributed by atoms with Crippen LogP contribution >= 0.6 is 11.8 Å². The molecule has 0 aliphatic carbocycles. The Labute approximate surface area is 228 Å². The SMILES string of the molecule is Cc1cc(C)nc(SCC(=O)N(Cc2cccnc2)C(C)(C)C(=O)Nc2ccc(N3CCOCC3)cc2)n1. The average molecular weight is 535 g/mol. The van der Waals surface area contributed by atoms with Crippen LogP contribution in [-0.4, -0.2) is 69.3 Å². The zero-order chi connectivity index (χ0) is 27.1. The number of hydrogen-bond donors (Lipinski definition) is 1. The topological polar surface area (TPSA) is 101 Å². The van der Waals surface area contributed by atoms with E-state index in [4.69, 9.17) is 4.74 Å². The molecule has 1 aliphatic heterocycles. The number of nitrogens with zero attached hydrogens (tertiary/aromatic N) is 5. The molecule has 200 valence electrons. The van der Waals surface area contributed by atoms with Crippen LogP contribution in [0.5, 0.6) is 0 Å². The van der Waals surface area contributed by atoms with Crippen molar-refractivity contribution in [1.82, 2.24) is 19.9 Å². The molecule has 3 aromatic rings. The number of aromatic nitrogens is 3. The van der Waals surface area contributed by atoms with Crippen LogP contribution < -0.4 is 10.2 Å². The van der Waals surface area contributed by atoms with Crippen LogP contribution in [0, 0.1) is 13.8 Å². The first-order valence-electron chi connectivity index (χ1n) is 12.6. The third-order valence-corrected chi connectivity index (χ3v) is 7.21. The van der Waals surface area contributed by atoms with Crippen molar-refractivity contribution in [3.8, 4) is 0 Å². The number of carbonyl (C=O) groups excluding carboxylic acids is 2. The molecular weight excluding hydrogens is 500 g/mol. The second kappa shape index (κ2) is 12.4. The summed E-state index contributed by atoms with van der Waals surface area (Å²) in [4.78, 5) is 44.0. The number of nitrogens with one attached hydrogen (secondary N) is 1. The summed E-state index contributed by atoms with van der Waals surface area (Å²) in [5.41, 5.74) is 3.15. The standard InChI is InChI=1S/C28H34N6O3S/c1-20-16-21(2)31-27(30-20)38-19-25(35)34(18-22-6-5-11-29-17-22)28(3,4)26(36)32-23-7-9-24(10-8-23)33-12-14-37-15-13-33/h5-11,16-17H,12-15,18-19H2,1-4H3,(H,32,36). The predicted molar refractivity (Wildman–Crippen MR) is 149 cm³/mol. The minimum atomic E-state index is -1.14. The highest BCUT2D eigenvalue weighted by molar-refractivity contribution is 7.99.